The number of nitrogens with two attached hydrogens (primary N) is 1. The number of nitrogens with one attached hydrogen (secondary N) is 1. The Morgan fingerprint density at radius 3 is 2.58 bits per heavy atom. The molecule has 1 aromatic carbocycles. The lowest BCUT2D eigenvalue weighted by Crippen LogP contribution is -2.42. The Hall–Kier alpha value is -3.31. The molecule has 0 saturated carbocycles. The molecule has 0 spiro atoms. The van der Waals surface area contributed by atoms with Gasteiger partial charge in [-0.15, -0.1) is 0 Å². The van der Waals surface area contributed by atoms with Crippen LogP contribution in [0.5, 0.6) is 17.5 Å². The number of benzene rings is 1. The third kappa shape index (κ3) is 5.64. The summed E-state index contributed by atoms with van der Waals surface area (Å²) >= 11 is 4.67. The lowest BCUT2D eigenvalue weighted by molar-refractivity contribution is 0.0651. The number of halogens is 1. The van der Waals surface area contributed by atoms with Crippen molar-refractivity contribution in [3.8, 4) is 17.5 Å². The largest absolute Gasteiger partial charge is 0.472 e. The summed E-state index contributed by atoms with van der Waals surface area (Å²) in [4.78, 5) is 30.2. The molecular weight excluding hydrogens is 427 g/mol. The van der Waals surface area contributed by atoms with Crippen molar-refractivity contribution in [1.29, 1.82) is 0 Å². The van der Waals surface area contributed by atoms with Crippen molar-refractivity contribution in [2.24, 2.45) is 5.73 Å². The fourth-order valence-corrected chi connectivity index (χ4v) is 2.78. The number of hydrogen-bond acceptors (Lipinski definition) is 7. The SMILES string of the molecule is C[C@H](CO)Oc1cc(C(=O)NC(N)=S)cc(Oc2ccc(C(=O)N3CCC3)cc2F)n1. The molecule has 0 unspecified atom stereocenters. The smallest absolute Gasteiger partial charge is 0.257 e. The minimum absolute atomic E-state index is 0.0304. The normalized spacial score (nSPS) is 13.7. The fourth-order valence-electron chi connectivity index (χ4n) is 2.68. The second-order valence-electron chi connectivity index (χ2n) is 6.85. The number of aliphatic hydroxyl groups excluding tert-OH is 1. The standard InChI is InChI=1S/C20H21FN4O5S/c1-11(10-26)29-16-8-13(18(27)24-20(22)31)9-17(23-16)30-15-4-3-12(7-14(15)21)19(28)25-5-2-6-25/h3-4,7-9,11,26H,2,5-6,10H2,1H3,(H3,22,24,27,31)/t11-/m1/s1. The molecule has 1 aromatic heterocycles. The maximum atomic E-state index is 14.6. The molecule has 31 heavy (non-hydrogen) atoms. The van der Waals surface area contributed by atoms with Gasteiger partial charge in [0, 0.05) is 30.8 Å². The molecule has 2 heterocycles. The van der Waals surface area contributed by atoms with Gasteiger partial charge in [-0.1, -0.05) is 0 Å². The van der Waals surface area contributed by atoms with Gasteiger partial charge in [0.1, 0.15) is 6.10 Å². The highest BCUT2D eigenvalue weighted by atomic mass is 32.1. The van der Waals surface area contributed by atoms with Crippen LogP contribution in [0.3, 0.4) is 0 Å². The van der Waals surface area contributed by atoms with E-state index in [1.54, 1.807) is 11.8 Å². The van der Waals surface area contributed by atoms with Crippen LogP contribution in [0.15, 0.2) is 30.3 Å². The van der Waals surface area contributed by atoms with Crippen LogP contribution in [0.1, 0.15) is 34.1 Å². The Labute approximate surface area is 183 Å². The lowest BCUT2D eigenvalue weighted by Gasteiger charge is -2.30. The quantitative estimate of drug-likeness (QED) is 0.545. The van der Waals surface area contributed by atoms with Gasteiger partial charge < -0.3 is 25.2 Å². The van der Waals surface area contributed by atoms with Crippen LogP contribution in [0, 0.1) is 5.82 Å². The Balaban J connectivity index is 1.86. The van der Waals surface area contributed by atoms with Gasteiger partial charge in [0.25, 0.3) is 11.8 Å². The van der Waals surface area contributed by atoms with E-state index in [2.05, 4.69) is 22.5 Å². The number of nitrogens with zero attached hydrogens (tertiary/aromatic N) is 2. The zero-order valence-electron chi connectivity index (χ0n) is 16.6. The minimum Gasteiger partial charge on any atom is -0.472 e. The molecule has 11 heteroatoms. The molecule has 3 rings (SSSR count). The Bertz CT molecular complexity index is 1020. The van der Waals surface area contributed by atoms with Crippen LogP contribution in [0.4, 0.5) is 4.39 Å². The molecule has 164 valence electrons. The number of likely N-dealkylation sites (tertiary alicyclic amines) is 1. The van der Waals surface area contributed by atoms with Crippen molar-refractivity contribution in [3.05, 3.63) is 47.3 Å². The monoisotopic (exact) mass is 448 g/mol. The van der Waals surface area contributed by atoms with E-state index >= 15 is 0 Å². The first kappa shape index (κ1) is 22.4. The highest BCUT2D eigenvalue weighted by Crippen LogP contribution is 2.28. The van der Waals surface area contributed by atoms with Gasteiger partial charge in [-0.2, -0.15) is 4.98 Å². The first-order valence-corrected chi connectivity index (χ1v) is 9.84. The average molecular weight is 448 g/mol. The summed E-state index contributed by atoms with van der Waals surface area (Å²) in [6.07, 6.45) is 0.317. The maximum Gasteiger partial charge on any atom is 0.257 e. The van der Waals surface area contributed by atoms with Gasteiger partial charge in [0.05, 0.1) is 12.2 Å². The number of amides is 2. The number of carbonyl (C=O) groups excluding carboxylic acids is 2. The average Bonchev–Trinajstić information content (AvgIpc) is 2.67. The van der Waals surface area contributed by atoms with Crippen LogP contribution in [-0.2, 0) is 0 Å². The van der Waals surface area contributed by atoms with Gasteiger partial charge in [-0.3, -0.25) is 14.9 Å². The molecule has 2 aromatic rings. The third-order valence-corrected chi connectivity index (χ3v) is 4.49. The number of ether oxygens (including phenoxy) is 2. The van der Waals surface area contributed by atoms with E-state index in [-0.39, 0.29) is 46.3 Å². The van der Waals surface area contributed by atoms with Crippen molar-refractivity contribution in [3.63, 3.8) is 0 Å². The van der Waals surface area contributed by atoms with Gasteiger partial charge in [-0.25, -0.2) is 4.39 Å². The van der Waals surface area contributed by atoms with E-state index in [9.17, 15) is 19.1 Å². The summed E-state index contributed by atoms with van der Waals surface area (Å²) in [5.74, 6) is -2.02. The molecule has 0 aliphatic carbocycles. The van der Waals surface area contributed by atoms with E-state index in [0.717, 1.165) is 12.5 Å². The molecule has 1 aliphatic heterocycles. The molecule has 1 atom stereocenters. The molecule has 9 nitrogen and oxygen atoms in total. The predicted octanol–water partition coefficient (Wildman–Crippen LogP) is 1.59. The van der Waals surface area contributed by atoms with Gasteiger partial charge in [0.2, 0.25) is 11.8 Å². The van der Waals surface area contributed by atoms with Crippen LogP contribution in [0.25, 0.3) is 0 Å². The molecular formula is C20H21FN4O5S. The fraction of sp³-hybridized carbons (Fsp3) is 0.300. The highest BCUT2D eigenvalue weighted by molar-refractivity contribution is 7.80. The summed E-state index contributed by atoms with van der Waals surface area (Å²) in [5, 5.41) is 11.2. The summed E-state index contributed by atoms with van der Waals surface area (Å²) in [5.41, 5.74) is 5.59. The van der Waals surface area contributed by atoms with E-state index in [1.807, 2.05) is 0 Å². The zero-order valence-corrected chi connectivity index (χ0v) is 17.4. The first-order chi connectivity index (χ1) is 14.8. The first-order valence-electron chi connectivity index (χ1n) is 9.44. The van der Waals surface area contributed by atoms with Crippen LogP contribution in [-0.4, -0.2) is 57.7 Å². The topological polar surface area (TPSA) is 127 Å². The molecule has 1 fully saturated rings. The summed E-state index contributed by atoms with van der Waals surface area (Å²) in [6, 6.07) is 6.40. The van der Waals surface area contributed by atoms with E-state index in [1.165, 1.54) is 24.3 Å². The molecule has 1 saturated heterocycles. The summed E-state index contributed by atoms with van der Waals surface area (Å²) in [7, 11) is 0. The maximum absolute atomic E-state index is 14.6. The second kappa shape index (κ2) is 9.67. The van der Waals surface area contributed by atoms with Crippen LogP contribution < -0.4 is 20.5 Å². The van der Waals surface area contributed by atoms with Crippen molar-refractivity contribution in [2.45, 2.75) is 19.4 Å². The van der Waals surface area contributed by atoms with Crippen molar-refractivity contribution in [1.82, 2.24) is 15.2 Å². The number of carbonyl (C=O) groups is 2. The van der Waals surface area contributed by atoms with Crippen molar-refractivity contribution < 1.29 is 28.6 Å². The van der Waals surface area contributed by atoms with Crippen molar-refractivity contribution >= 4 is 29.1 Å². The molecule has 0 radical (unpaired) electrons. The number of aliphatic hydroxyl groups is 1. The van der Waals surface area contributed by atoms with Gasteiger partial charge in [-0.05, 0) is 43.8 Å². The second-order valence-corrected chi connectivity index (χ2v) is 7.29. The van der Waals surface area contributed by atoms with E-state index < -0.39 is 17.8 Å². The number of rotatable bonds is 7. The van der Waals surface area contributed by atoms with E-state index in [4.69, 9.17) is 15.2 Å². The number of pyridine rings is 1. The Morgan fingerprint density at radius 2 is 2.00 bits per heavy atom. The third-order valence-electron chi connectivity index (χ3n) is 4.39. The molecule has 4 N–H and O–H groups in total. The zero-order chi connectivity index (χ0) is 22.5. The number of aromatic nitrogens is 1. The summed E-state index contributed by atoms with van der Waals surface area (Å²) in [6.45, 7) is 2.61. The number of hydrogen-bond donors (Lipinski definition) is 3. The molecule has 1 aliphatic rings. The molecule has 0 bridgehead atoms. The highest BCUT2D eigenvalue weighted by Gasteiger charge is 2.23. The minimum atomic E-state index is -0.766. The van der Waals surface area contributed by atoms with Crippen LogP contribution >= 0.6 is 12.2 Å². The Kier molecular flexibility index (Phi) is 6.98. The van der Waals surface area contributed by atoms with E-state index in [0.29, 0.717) is 13.1 Å². The van der Waals surface area contributed by atoms with Gasteiger partial charge in [0.15, 0.2) is 16.7 Å². The van der Waals surface area contributed by atoms with Crippen LogP contribution in [0.2, 0.25) is 0 Å². The summed E-state index contributed by atoms with van der Waals surface area (Å²) < 4.78 is 25.5. The lowest BCUT2D eigenvalue weighted by atomic mass is 10.1. The van der Waals surface area contributed by atoms with Crippen molar-refractivity contribution in [2.75, 3.05) is 19.7 Å². The predicted molar refractivity (Wildman–Crippen MR) is 113 cm³/mol. The Morgan fingerprint density at radius 1 is 1.29 bits per heavy atom. The van der Waals surface area contributed by atoms with Gasteiger partial charge >= 0.3 is 0 Å². The molecule has 2 amide bonds. The number of thiocarbonyl (C=S) groups is 1.